The van der Waals surface area contributed by atoms with Crippen LogP contribution in [0.4, 0.5) is 0 Å². The topological polar surface area (TPSA) is 102 Å². The lowest BCUT2D eigenvalue weighted by Crippen LogP contribution is -2.42. The quantitative estimate of drug-likeness (QED) is 0.563. The van der Waals surface area contributed by atoms with Gasteiger partial charge in [0.15, 0.2) is 0 Å². The second kappa shape index (κ2) is 8.25. The molecule has 31 heavy (non-hydrogen) atoms. The molecule has 3 amide bonds. The Morgan fingerprint density at radius 2 is 1.94 bits per heavy atom. The summed E-state index contributed by atoms with van der Waals surface area (Å²) in [6, 6.07) is 12.9. The number of benzene rings is 2. The number of hydrogen-bond donors (Lipinski definition) is 2. The average Bonchev–Trinajstić information content (AvgIpc) is 3.22. The third kappa shape index (κ3) is 4.03. The number of methoxy groups -OCH3 is 1. The third-order valence-corrected chi connectivity index (χ3v) is 5.64. The van der Waals surface area contributed by atoms with Crippen LogP contribution in [-0.4, -0.2) is 42.8 Å². The molecule has 7 heteroatoms. The van der Waals surface area contributed by atoms with Crippen molar-refractivity contribution in [3.63, 3.8) is 0 Å². The van der Waals surface area contributed by atoms with Gasteiger partial charge in [-0.3, -0.25) is 19.7 Å². The molecule has 2 aliphatic rings. The average molecular weight is 417 g/mol. The molecule has 1 saturated heterocycles. The van der Waals surface area contributed by atoms with Crippen LogP contribution in [0, 0.1) is 17.3 Å². The number of ether oxygens (including phenoxy) is 1. The van der Waals surface area contributed by atoms with E-state index in [-0.39, 0.29) is 24.8 Å². The molecule has 0 saturated carbocycles. The highest BCUT2D eigenvalue weighted by Gasteiger charge is 2.48. The summed E-state index contributed by atoms with van der Waals surface area (Å²) in [5.74, 6) is 5.58. The summed E-state index contributed by atoms with van der Waals surface area (Å²) >= 11 is 0. The zero-order chi connectivity index (χ0) is 22.0. The molecular weight excluding hydrogens is 394 g/mol. The predicted molar refractivity (Wildman–Crippen MR) is 114 cm³/mol. The van der Waals surface area contributed by atoms with E-state index in [1.54, 1.807) is 24.1 Å². The number of imide groups is 1. The van der Waals surface area contributed by atoms with Gasteiger partial charge in [-0.25, -0.2) is 0 Å². The normalized spacial score (nSPS) is 19.7. The molecule has 1 fully saturated rings. The highest BCUT2D eigenvalue weighted by Crippen LogP contribution is 2.33. The summed E-state index contributed by atoms with van der Waals surface area (Å²) < 4.78 is 5.21. The van der Waals surface area contributed by atoms with Gasteiger partial charge in [-0.2, -0.15) is 0 Å². The molecule has 7 nitrogen and oxygen atoms in total. The minimum atomic E-state index is -1.28. The number of hydrogen-bond acceptors (Lipinski definition) is 5. The molecule has 0 unspecified atom stereocenters. The van der Waals surface area contributed by atoms with Crippen molar-refractivity contribution in [3.05, 3.63) is 64.7 Å². The maximum absolute atomic E-state index is 13.0. The van der Waals surface area contributed by atoms with E-state index in [0.717, 1.165) is 23.1 Å². The summed E-state index contributed by atoms with van der Waals surface area (Å²) in [5, 5.41) is 2.35. The maximum atomic E-state index is 13.0. The van der Waals surface area contributed by atoms with Crippen molar-refractivity contribution in [1.29, 1.82) is 0 Å². The first-order valence-corrected chi connectivity index (χ1v) is 10.1. The molecule has 2 aromatic carbocycles. The van der Waals surface area contributed by atoms with Gasteiger partial charge in [0.2, 0.25) is 11.8 Å². The molecule has 2 aromatic rings. The molecule has 1 atom stereocenters. The Morgan fingerprint density at radius 3 is 2.58 bits per heavy atom. The zero-order valence-electron chi connectivity index (χ0n) is 17.2. The largest absolute Gasteiger partial charge is 0.497 e. The van der Waals surface area contributed by atoms with Crippen LogP contribution >= 0.6 is 0 Å². The lowest BCUT2D eigenvalue weighted by Gasteiger charge is -2.25. The Morgan fingerprint density at radius 1 is 1.16 bits per heavy atom. The van der Waals surface area contributed by atoms with E-state index in [9.17, 15) is 14.4 Å². The van der Waals surface area contributed by atoms with Crippen molar-refractivity contribution < 1.29 is 19.1 Å². The first-order chi connectivity index (χ1) is 14.9. The number of rotatable bonds is 5. The molecule has 0 aliphatic carbocycles. The molecule has 0 spiro atoms. The van der Waals surface area contributed by atoms with Gasteiger partial charge in [0.05, 0.1) is 13.5 Å². The Labute approximate surface area is 180 Å². The lowest BCUT2D eigenvalue weighted by molar-refractivity contribution is -0.127. The van der Waals surface area contributed by atoms with Crippen LogP contribution in [0.15, 0.2) is 42.5 Å². The van der Waals surface area contributed by atoms with Crippen molar-refractivity contribution in [1.82, 2.24) is 10.2 Å². The van der Waals surface area contributed by atoms with E-state index in [2.05, 4.69) is 17.2 Å². The fourth-order valence-corrected chi connectivity index (χ4v) is 3.95. The highest BCUT2D eigenvalue weighted by molar-refractivity contribution is 6.08. The lowest BCUT2D eigenvalue weighted by atomic mass is 9.85. The van der Waals surface area contributed by atoms with E-state index >= 15 is 0 Å². The van der Waals surface area contributed by atoms with Gasteiger partial charge in [0.25, 0.3) is 5.91 Å². The van der Waals surface area contributed by atoms with Gasteiger partial charge in [-0.05, 0) is 48.4 Å². The van der Waals surface area contributed by atoms with Crippen LogP contribution in [0.5, 0.6) is 5.75 Å². The fourth-order valence-electron chi connectivity index (χ4n) is 3.95. The minimum absolute atomic E-state index is 0.0403. The summed E-state index contributed by atoms with van der Waals surface area (Å²) in [6.07, 6.45) is 0.699. The molecule has 2 heterocycles. The van der Waals surface area contributed by atoms with Crippen LogP contribution < -0.4 is 15.8 Å². The van der Waals surface area contributed by atoms with Crippen molar-refractivity contribution in [2.45, 2.75) is 19.4 Å². The van der Waals surface area contributed by atoms with E-state index < -0.39 is 11.3 Å². The zero-order valence-corrected chi connectivity index (χ0v) is 17.2. The van der Waals surface area contributed by atoms with Gasteiger partial charge in [0.1, 0.15) is 11.2 Å². The standard InChI is InChI=1S/C24H23N3O4/c1-31-19-7-6-18-14-27(22(29)20(18)12-19)15-24(13-21(28)26-23(24)30)10-8-16-2-4-17(5-3-16)9-11-25/h2-7,12H,9,11,13-15,25H2,1H3,(H,26,28,30)/t24-/m1/s1. The monoisotopic (exact) mass is 417 g/mol. The van der Waals surface area contributed by atoms with E-state index in [0.29, 0.717) is 24.4 Å². The van der Waals surface area contributed by atoms with Crippen molar-refractivity contribution in [2.24, 2.45) is 11.1 Å². The van der Waals surface area contributed by atoms with Crippen LogP contribution in [0.3, 0.4) is 0 Å². The Balaban J connectivity index is 1.60. The number of carbonyl (C=O) groups excluding carboxylic acids is 3. The minimum Gasteiger partial charge on any atom is -0.497 e. The maximum Gasteiger partial charge on any atom is 0.254 e. The summed E-state index contributed by atoms with van der Waals surface area (Å²) in [4.78, 5) is 39.3. The van der Waals surface area contributed by atoms with Gasteiger partial charge in [-0.1, -0.05) is 30.0 Å². The molecule has 4 rings (SSSR count). The number of fused-ring (bicyclic) bond motifs is 1. The summed E-state index contributed by atoms with van der Waals surface area (Å²) in [6.45, 7) is 0.962. The van der Waals surface area contributed by atoms with E-state index in [4.69, 9.17) is 10.5 Å². The van der Waals surface area contributed by atoms with Gasteiger partial charge >= 0.3 is 0 Å². The highest BCUT2D eigenvalue weighted by atomic mass is 16.5. The van der Waals surface area contributed by atoms with Crippen molar-refractivity contribution in [2.75, 3.05) is 20.2 Å². The smallest absolute Gasteiger partial charge is 0.254 e. The second-order valence-corrected chi connectivity index (χ2v) is 7.81. The SMILES string of the molecule is COc1ccc2c(c1)C(=O)N(C[C@@]1(C#Cc3ccc(CCN)cc3)CC(=O)NC1=O)C2. The molecular formula is C24H23N3O4. The molecule has 158 valence electrons. The second-order valence-electron chi connectivity index (χ2n) is 7.81. The molecule has 0 aromatic heterocycles. The fraction of sp³-hybridized carbons (Fsp3) is 0.292. The number of carbonyl (C=O) groups is 3. The van der Waals surface area contributed by atoms with Crippen LogP contribution in [-0.2, 0) is 22.6 Å². The Bertz CT molecular complexity index is 1110. The summed E-state index contributed by atoms with van der Waals surface area (Å²) in [7, 11) is 1.54. The van der Waals surface area contributed by atoms with E-state index in [1.165, 1.54) is 0 Å². The van der Waals surface area contributed by atoms with E-state index in [1.807, 2.05) is 30.3 Å². The van der Waals surface area contributed by atoms with Crippen molar-refractivity contribution in [3.8, 4) is 17.6 Å². The Kier molecular flexibility index (Phi) is 5.49. The molecule has 0 bridgehead atoms. The molecule has 3 N–H and O–H groups in total. The van der Waals surface area contributed by atoms with Gasteiger partial charge < -0.3 is 15.4 Å². The molecule has 0 radical (unpaired) electrons. The third-order valence-electron chi connectivity index (χ3n) is 5.64. The van der Waals surface area contributed by atoms with Crippen LogP contribution in [0.2, 0.25) is 0 Å². The van der Waals surface area contributed by atoms with Crippen molar-refractivity contribution >= 4 is 17.7 Å². The first-order valence-electron chi connectivity index (χ1n) is 10.1. The Hall–Kier alpha value is -3.63. The number of amides is 3. The summed E-state index contributed by atoms with van der Waals surface area (Å²) in [5.41, 5.74) is 7.53. The number of nitrogens with one attached hydrogen (secondary N) is 1. The van der Waals surface area contributed by atoms with Crippen LogP contribution in [0.25, 0.3) is 0 Å². The number of nitrogens with two attached hydrogens (primary N) is 1. The number of nitrogens with zero attached hydrogens (tertiary/aromatic N) is 1. The predicted octanol–water partition coefficient (Wildman–Crippen LogP) is 1.24. The van der Waals surface area contributed by atoms with Gasteiger partial charge in [0, 0.05) is 24.2 Å². The molecule has 2 aliphatic heterocycles. The first kappa shape index (κ1) is 20.6. The van der Waals surface area contributed by atoms with Gasteiger partial charge in [-0.15, -0.1) is 0 Å². The van der Waals surface area contributed by atoms with Crippen LogP contribution in [0.1, 0.15) is 33.5 Å².